The molecule has 5 nitrogen and oxygen atoms in total. The lowest BCUT2D eigenvalue weighted by Gasteiger charge is -2.30. The van der Waals surface area contributed by atoms with Gasteiger partial charge in [-0.25, -0.2) is 4.52 Å². The third-order valence-corrected chi connectivity index (χ3v) is 3.87. The van der Waals surface area contributed by atoms with Crippen LogP contribution in [0, 0.1) is 12.8 Å². The van der Waals surface area contributed by atoms with Crippen molar-refractivity contribution in [3.05, 3.63) is 23.9 Å². The predicted octanol–water partition coefficient (Wildman–Crippen LogP) is 1.47. The van der Waals surface area contributed by atoms with Crippen LogP contribution in [-0.4, -0.2) is 41.3 Å². The molecule has 3 rings (SSSR count). The Morgan fingerprint density at radius 3 is 2.89 bits per heavy atom. The zero-order valence-corrected chi connectivity index (χ0v) is 11.6. The molecule has 1 aliphatic rings. The van der Waals surface area contributed by atoms with Gasteiger partial charge in [0.2, 0.25) is 5.95 Å². The van der Waals surface area contributed by atoms with Gasteiger partial charge in [-0.1, -0.05) is 0 Å². The van der Waals surface area contributed by atoms with Gasteiger partial charge in [0, 0.05) is 19.3 Å². The molecule has 0 spiro atoms. The molecule has 1 aliphatic heterocycles. The number of hydrogen-bond acceptors (Lipinski definition) is 4. The normalized spacial score (nSPS) is 17.3. The molecule has 1 N–H and O–H groups in total. The van der Waals surface area contributed by atoms with Crippen LogP contribution in [0.1, 0.15) is 18.4 Å². The van der Waals surface area contributed by atoms with Crippen LogP contribution in [0.5, 0.6) is 0 Å². The highest BCUT2D eigenvalue weighted by atomic mass is 15.4. The average molecular weight is 259 g/mol. The van der Waals surface area contributed by atoms with E-state index in [1.165, 1.54) is 18.4 Å². The maximum atomic E-state index is 4.63. The van der Waals surface area contributed by atoms with Gasteiger partial charge in [-0.05, 0) is 57.0 Å². The topological polar surface area (TPSA) is 45.5 Å². The molecule has 0 atom stereocenters. The number of hydrogen-bond donors (Lipinski definition) is 1. The Morgan fingerprint density at radius 2 is 2.16 bits per heavy atom. The van der Waals surface area contributed by atoms with Crippen molar-refractivity contribution in [3.8, 4) is 0 Å². The largest absolute Gasteiger partial charge is 0.339 e. The van der Waals surface area contributed by atoms with Crippen LogP contribution in [-0.2, 0) is 0 Å². The van der Waals surface area contributed by atoms with E-state index in [-0.39, 0.29) is 0 Å². The molecule has 0 unspecified atom stereocenters. The highest BCUT2D eigenvalue weighted by molar-refractivity contribution is 5.46. The van der Waals surface area contributed by atoms with Gasteiger partial charge in [0.1, 0.15) is 0 Å². The number of aromatic nitrogens is 3. The van der Waals surface area contributed by atoms with Gasteiger partial charge < -0.3 is 10.2 Å². The zero-order valence-electron chi connectivity index (χ0n) is 11.6. The van der Waals surface area contributed by atoms with Gasteiger partial charge in [0.05, 0.1) is 0 Å². The zero-order chi connectivity index (χ0) is 13.2. The van der Waals surface area contributed by atoms with Gasteiger partial charge in [0.25, 0.3) is 0 Å². The highest BCUT2D eigenvalue weighted by Gasteiger charge is 2.21. The summed E-state index contributed by atoms with van der Waals surface area (Å²) in [6.07, 6.45) is 4.42. The SMILES string of the molecule is CNCC1CCN(c2nc3cc(C)ccn3n2)CC1. The minimum absolute atomic E-state index is 0.792. The summed E-state index contributed by atoms with van der Waals surface area (Å²) in [5.74, 6) is 1.66. The van der Waals surface area contributed by atoms with Crippen molar-refractivity contribution < 1.29 is 0 Å². The van der Waals surface area contributed by atoms with Crippen LogP contribution in [0.4, 0.5) is 5.95 Å². The first-order valence-electron chi connectivity index (χ1n) is 6.99. The maximum absolute atomic E-state index is 4.63. The van der Waals surface area contributed by atoms with Crippen molar-refractivity contribution in [2.75, 3.05) is 31.6 Å². The third-order valence-electron chi connectivity index (χ3n) is 3.87. The van der Waals surface area contributed by atoms with E-state index in [0.717, 1.165) is 37.1 Å². The van der Waals surface area contributed by atoms with E-state index < -0.39 is 0 Å². The highest BCUT2D eigenvalue weighted by Crippen LogP contribution is 2.21. The van der Waals surface area contributed by atoms with Crippen LogP contribution in [0.15, 0.2) is 18.3 Å². The lowest BCUT2D eigenvalue weighted by atomic mass is 9.97. The second kappa shape index (κ2) is 5.17. The van der Waals surface area contributed by atoms with Crippen molar-refractivity contribution in [1.29, 1.82) is 0 Å². The Morgan fingerprint density at radius 1 is 1.37 bits per heavy atom. The van der Waals surface area contributed by atoms with Crippen LogP contribution >= 0.6 is 0 Å². The smallest absolute Gasteiger partial charge is 0.245 e. The van der Waals surface area contributed by atoms with Crippen LogP contribution in [0.25, 0.3) is 5.65 Å². The fourth-order valence-corrected chi connectivity index (χ4v) is 2.73. The number of pyridine rings is 1. The monoisotopic (exact) mass is 259 g/mol. The molecule has 0 saturated carbocycles. The first kappa shape index (κ1) is 12.4. The predicted molar refractivity (Wildman–Crippen MR) is 76.6 cm³/mol. The van der Waals surface area contributed by atoms with E-state index in [0.29, 0.717) is 0 Å². The summed E-state index contributed by atoms with van der Waals surface area (Å²) in [5, 5.41) is 7.83. The lowest BCUT2D eigenvalue weighted by Crippen LogP contribution is -2.37. The molecule has 19 heavy (non-hydrogen) atoms. The fraction of sp³-hybridized carbons (Fsp3) is 0.571. The number of aryl methyl sites for hydroxylation is 1. The minimum atomic E-state index is 0.792. The molecule has 1 fully saturated rings. The molecule has 0 aromatic carbocycles. The van der Waals surface area contributed by atoms with Crippen molar-refractivity contribution in [2.24, 2.45) is 5.92 Å². The molecule has 0 bridgehead atoms. The quantitative estimate of drug-likeness (QED) is 0.907. The number of piperidine rings is 1. The first-order chi connectivity index (χ1) is 9.26. The standard InChI is InChI=1S/C14H21N5/c1-11-3-8-19-13(9-11)16-14(17-19)18-6-4-12(5-7-18)10-15-2/h3,8-9,12,15H,4-7,10H2,1-2H3. The van der Waals surface area contributed by atoms with Crippen molar-refractivity contribution in [3.63, 3.8) is 0 Å². The number of rotatable bonds is 3. The summed E-state index contributed by atoms with van der Waals surface area (Å²) in [5.41, 5.74) is 2.16. The van der Waals surface area contributed by atoms with E-state index in [1.807, 2.05) is 17.8 Å². The third kappa shape index (κ3) is 2.56. The maximum Gasteiger partial charge on any atom is 0.245 e. The summed E-state index contributed by atoms with van der Waals surface area (Å²) in [4.78, 5) is 6.93. The first-order valence-corrected chi connectivity index (χ1v) is 6.99. The molecule has 0 radical (unpaired) electrons. The van der Waals surface area contributed by atoms with Crippen molar-refractivity contribution >= 4 is 11.6 Å². The molecule has 2 aromatic heterocycles. The van der Waals surface area contributed by atoms with Crippen LogP contribution < -0.4 is 10.2 Å². The summed E-state index contributed by atoms with van der Waals surface area (Å²) in [7, 11) is 2.03. The fourth-order valence-electron chi connectivity index (χ4n) is 2.73. The van der Waals surface area contributed by atoms with E-state index >= 15 is 0 Å². The second-order valence-corrected chi connectivity index (χ2v) is 5.41. The summed E-state index contributed by atoms with van der Waals surface area (Å²) in [6, 6.07) is 4.13. The molecule has 0 aliphatic carbocycles. The Bertz CT molecular complexity index is 554. The van der Waals surface area contributed by atoms with Gasteiger partial charge in [-0.15, -0.1) is 5.10 Å². The Balaban J connectivity index is 1.74. The van der Waals surface area contributed by atoms with Crippen LogP contribution in [0.2, 0.25) is 0 Å². The van der Waals surface area contributed by atoms with Gasteiger partial charge >= 0.3 is 0 Å². The number of anilines is 1. The van der Waals surface area contributed by atoms with Crippen molar-refractivity contribution in [2.45, 2.75) is 19.8 Å². The Kier molecular flexibility index (Phi) is 3.38. The van der Waals surface area contributed by atoms with E-state index in [1.54, 1.807) is 0 Å². The molecule has 5 heteroatoms. The van der Waals surface area contributed by atoms with E-state index in [9.17, 15) is 0 Å². The van der Waals surface area contributed by atoms with E-state index in [2.05, 4.69) is 39.4 Å². The average Bonchev–Trinajstić information content (AvgIpc) is 2.83. The summed E-state index contributed by atoms with van der Waals surface area (Å²) >= 11 is 0. The molecule has 3 heterocycles. The minimum Gasteiger partial charge on any atom is -0.339 e. The van der Waals surface area contributed by atoms with E-state index in [4.69, 9.17) is 0 Å². The van der Waals surface area contributed by atoms with Crippen LogP contribution in [0.3, 0.4) is 0 Å². The Hall–Kier alpha value is -1.62. The molecule has 0 amide bonds. The summed E-state index contributed by atoms with van der Waals surface area (Å²) < 4.78 is 1.86. The van der Waals surface area contributed by atoms with Gasteiger partial charge in [-0.3, -0.25) is 0 Å². The van der Waals surface area contributed by atoms with Gasteiger partial charge in [0.15, 0.2) is 5.65 Å². The number of fused-ring (bicyclic) bond motifs is 1. The molecule has 1 saturated heterocycles. The number of nitrogens with zero attached hydrogens (tertiary/aromatic N) is 4. The van der Waals surface area contributed by atoms with Gasteiger partial charge in [-0.2, -0.15) is 4.98 Å². The second-order valence-electron chi connectivity index (χ2n) is 5.41. The Labute approximate surface area is 113 Å². The molecule has 2 aromatic rings. The lowest BCUT2D eigenvalue weighted by molar-refractivity contribution is 0.391. The molecular formula is C14H21N5. The number of nitrogens with one attached hydrogen (secondary N) is 1. The summed E-state index contributed by atoms with van der Waals surface area (Å²) in [6.45, 7) is 5.31. The molecular weight excluding hydrogens is 238 g/mol. The molecule has 102 valence electrons. The van der Waals surface area contributed by atoms with Crippen molar-refractivity contribution in [1.82, 2.24) is 19.9 Å².